The number of hydrogen-bond donors (Lipinski definition) is 1. The van der Waals surface area contributed by atoms with E-state index in [0.29, 0.717) is 26.2 Å². The Morgan fingerprint density at radius 1 is 1.07 bits per heavy atom. The normalized spacial score (nSPS) is 15.7. The summed E-state index contributed by atoms with van der Waals surface area (Å²) in [5.74, 6) is 0.0585. The van der Waals surface area contributed by atoms with Crippen LogP contribution in [0.25, 0.3) is 0 Å². The molecule has 0 bridgehead atoms. The molecule has 28 heavy (non-hydrogen) atoms. The molecule has 0 aliphatic carbocycles. The number of amides is 2. The lowest BCUT2D eigenvalue weighted by Gasteiger charge is -2.35. The van der Waals surface area contributed by atoms with Gasteiger partial charge >= 0.3 is 0 Å². The summed E-state index contributed by atoms with van der Waals surface area (Å²) in [7, 11) is 0. The van der Waals surface area contributed by atoms with Gasteiger partial charge in [-0.1, -0.05) is 32.0 Å². The Labute approximate surface area is 169 Å². The number of benzene rings is 1. The van der Waals surface area contributed by atoms with E-state index < -0.39 is 0 Å². The van der Waals surface area contributed by atoms with Gasteiger partial charge in [0.15, 0.2) is 0 Å². The molecule has 150 valence electrons. The van der Waals surface area contributed by atoms with Crippen LogP contribution in [0.2, 0.25) is 0 Å². The zero-order valence-corrected chi connectivity index (χ0v) is 17.0. The molecule has 5 nitrogen and oxygen atoms in total. The molecule has 3 rings (SSSR count). The van der Waals surface area contributed by atoms with Gasteiger partial charge in [-0.2, -0.15) is 0 Å². The molecule has 1 aliphatic rings. The molecule has 2 aromatic rings. The van der Waals surface area contributed by atoms with Crippen molar-refractivity contribution in [1.82, 2.24) is 15.1 Å². The van der Waals surface area contributed by atoms with Gasteiger partial charge in [-0.05, 0) is 35.1 Å². The molecule has 0 radical (unpaired) electrons. The van der Waals surface area contributed by atoms with Crippen LogP contribution in [0.3, 0.4) is 0 Å². The van der Waals surface area contributed by atoms with Crippen LogP contribution in [0.15, 0.2) is 41.8 Å². The Kier molecular flexibility index (Phi) is 6.80. The van der Waals surface area contributed by atoms with Gasteiger partial charge in [-0.3, -0.25) is 9.59 Å². The monoisotopic (exact) mass is 403 g/mol. The highest BCUT2D eigenvalue weighted by Crippen LogP contribution is 2.22. The molecule has 1 atom stereocenters. The molecule has 1 aliphatic heterocycles. The lowest BCUT2D eigenvalue weighted by Crippen LogP contribution is -2.52. The van der Waals surface area contributed by atoms with Crippen LogP contribution in [0.1, 0.15) is 35.1 Å². The van der Waals surface area contributed by atoms with Crippen molar-refractivity contribution in [2.75, 3.05) is 32.7 Å². The van der Waals surface area contributed by atoms with Crippen molar-refractivity contribution in [3.63, 3.8) is 0 Å². The average molecular weight is 404 g/mol. The molecule has 2 heterocycles. The molecule has 0 saturated carbocycles. The van der Waals surface area contributed by atoms with E-state index in [9.17, 15) is 14.0 Å². The lowest BCUT2D eigenvalue weighted by atomic mass is 9.96. The summed E-state index contributed by atoms with van der Waals surface area (Å²) in [6.45, 7) is 6.54. The number of thiophene rings is 1. The van der Waals surface area contributed by atoms with E-state index in [1.165, 1.54) is 23.5 Å². The molecule has 1 fully saturated rings. The number of nitrogens with zero attached hydrogens (tertiary/aromatic N) is 2. The van der Waals surface area contributed by atoms with E-state index in [4.69, 9.17) is 0 Å². The minimum absolute atomic E-state index is 0.0220. The third-order valence-corrected chi connectivity index (χ3v) is 5.88. The smallest absolute Gasteiger partial charge is 0.264 e. The summed E-state index contributed by atoms with van der Waals surface area (Å²) >= 11 is 1.44. The number of rotatable bonds is 6. The second-order valence-electron chi connectivity index (χ2n) is 7.30. The van der Waals surface area contributed by atoms with E-state index in [2.05, 4.69) is 19.2 Å². The van der Waals surface area contributed by atoms with Crippen LogP contribution < -0.4 is 5.32 Å². The number of hydrogen-bond acceptors (Lipinski definition) is 4. The van der Waals surface area contributed by atoms with Gasteiger partial charge in [0.25, 0.3) is 5.91 Å². The molecule has 1 aromatic carbocycles. The van der Waals surface area contributed by atoms with Crippen LogP contribution in [0.5, 0.6) is 0 Å². The first-order valence-corrected chi connectivity index (χ1v) is 10.4. The van der Waals surface area contributed by atoms with Gasteiger partial charge in [-0.25, -0.2) is 4.39 Å². The van der Waals surface area contributed by atoms with Crippen LogP contribution in [0.4, 0.5) is 4.39 Å². The lowest BCUT2D eigenvalue weighted by molar-refractivity contribution is -0.131. The Morgan fingerprint density at radius 2 is 1.71 bits per heavy atom. The van der Waals surface area contributed by atoms with E-state index in [1.807, 2.05) is 17.5 Å². The number of halogens is 1. The highest BCUT2D eigenvalue weighted by atomic mass is 32.1. The summed E-state index contributed by atoms with van der Waals surface area (Å²) in [6, 6.07) is 10.1. The van der Waals surface area contributed by atoms with E-state index >= 15 is 0 Å². The largest absolute Gasteiger partial charge is 0.338 e. The fourth-order valence-corrected chi connectivity index (χ4v) is 4.12. The van der Waals surface area contributed by atoms with Crippen LogP contribution in [0, 0.1) is 11.7 Å². The van der Waals surface area contributed by atoms with Gasteiger partial charge in [0, 0.05) is 32.2 Å². The Bertz CT molecular complexity index is 784. The zero-order chi connectivity index (χ0) is 20.1. The highest BCUT2D eigenvalue weighted by molar-refractivity contribution is 7.12. The van der Waals surface area contributed by atoms with Gasteiger partial charge in [0.1, 0.15) is 5.82 Å². The maximum Gasteiger partial charge on any atom is 0.264 e. The van der Waals surface area contributed by atoms with Gasteiger partial charge in [0.2, 0.25) is 5.91 Å². The predicted octanol–water partition coefficient (Wildman–Crippen LogP) is 3.16. The molecule has 1 N–H and O–H groups in total. The predicted molar refractivity (Wildman–Crippen MR) is 109 cm³/mol. The number of piperazine rings is 1. The van der Waals surface area contributed by atoms with Crippen molar-refractivity contribution in [1.29, 1.82) is 0 Å². The molecule has 7 heteroatoms. The highest BCUT2D eigenvalue weighted by Gasteiger charge is 2.26. The van der Waals surface area contributed by atoms with Crippen molar-refractivity contribution in [2.24, 2.45) is 5.92 Å². The number of carbonyl (C=O) groups is 2. The first-order valence-electron chi connectivity index (χ1n) is 9.55. The topological polar surface area (TPSA) is 52.7 Å². The molecular weight excluding hydrogens is 377 g/mol. The average Bonchev–Trinajstić information content (AvgIpc) is 3.23. The fourth-order valence-electron chi connectivity index (χ4n) is 3.43. The second-order valence-corrected chi connectivity index (χ2v) is 8.25. The first kappa shape index (κ1) is 20.5. The zero-order valence-electron chi connectivity index (χ0n) is 16.2. The van der Waals surface area contributed by atoms with Crippen molar-refractivity contribution >= 4 is 23.2 Å². The SMILES string of the molecule is CC(C)[C@@H](NCC(=O)N1CCN(C(=O)c2cccs2)CC1)c1ccc(F)cc1. The third-order valence-electron chi connectivity index (χ3n) is 5.02. The molecular formula is C21H26FN3O2S. The molecule has 0 unspecified atom stereocenters. The van der Waals surface area contributed by atoms with Crippen molar-refractivity contribution in [3.05, 3.63) is 58.0 Å². The summed E-state index contributed by atoms with van der Waals surface area (Å²) in [5.41, 5.74) is 0.968. The van der Waals surface area contributed by atoms with E-state index in [0.717, 1.165) is 10.4 Å². The summed E-state index contributed by atoms with van der Waals surface area (Å²) in [4.78, 5) is 29.4. The van der Waals surface area contributed by atoms with E-state index in [1.54, 1.807) is 21.9 Å². The fraction of sp³-hybridized carbons (Fsp3) is 0.429. The Morgan fingerprint density at radius 3 is 2.29 bits per heavy atom. The summed E-state index contributed by atoms with van der Waals surface area (Å²) in [5, 5.41) is 5.21. The Hall–Kier alpha value is -2.25. The first-order chi connectivity index (χ1) is 13.5. The third kappa shape index (κ3) is 4.97. The molecule has 2 amide bonds. The molecule has 0 spiro atoms. The standard InChI is InChI=1S/C21H26FN3O2S/c1-15(2)20(16-5-7-17(22)8-6-16)23-14-19(26)24-9-11-25(12-10-24)21(27)18-4-3-13-28-18/h3-8,13,15,20,23H,9-12,14H2,1-2H3/t20-/m1/s1. The quantitative estimate of drug-likeness (QED) is 0.806. The van der Waals surface area contributed by atoms with Crippen LogP contribution in [-0.4, -0.2) is 54.3 Å². The van der Waals surface area contributed by atoms with E-state index in [-0.39, 0.29) is 36.1 Å². The van der Waals surface area contributed by atoms with Gasteiger partial charge in [-0.15, -0.1) is 11.3 Å². The Balaban J connectivity index is 1.51. The number of nitrogens with one attached hydrogen (secondary N) is 1. The van der Waals surface area contributed by atoms with Crippen LogP contribution >= 0.6 is 11.3 Å². The second kappa shape index (κ2) is 9.30. The number of carbonyl (C=O) groups excluding carboxylic acids is 2. The molecule has 1 aromatic heterocycles. The van der Waals surface area contributed by atoms with Gasteiger partial charge < -0.3 is 15.1 Å². The minimum Gasteiger partial charge on any atom is -0.338 e. The molecule has 1 saturated heterocycles. The van der Waals surface area contributed by atoms with Crippen LogP contribution in [-0.2, 0) is 4.79 Å². The maximum absolute atomic E-state index is 13.2. The summed E-state index contributed by atoms with van der Waals surface area (Å²) in [6.07, 6.45) is 0. The summed E-state index contributed by atoms with van der Waals surface area (Å²) < 4.78 is 13.2. The van der Waals surface area contributed by atoms with Crippen molar-refractivity contribution in [3.8, 4) is 0 Å². The van der Waals surface area contributed by atoms with Crippen molar-refractivity contribution < 1.29 is 14.0 Å². The van der Waals surface area contributed by atoms with Crippen molar-refractivity contribution in [2.45, 2.75) is 19.9 Å². The minimum atomic E-state index is -0.266. The van der Waals surface area contributed by atoms with Gasteiger partial charge in [0.05, 0.1) is 11.4 Å². The maximum atomic E-state index is 13.2.